The Labute approximate surface area is 538 Å². The molecule has 0 saturated carbocycles. The quantitative estimate of drug-likeness (QED) is 0.0117. The van der Waals surface area contributed by atoms with E-state index in [0.29, 0.717) is 15.6 Å². The van der Waals surface area contributed by atoms with Gasteiger partial charge in [0.15, 0.2) is 17.7 Å². The largest absolute Gasteiger partial charge is 1.00 e. The number of carbonyl (C=O) groups excluding carboxylic acids is 8. The maximum absolute atomic E-state index is 14.7. The minimum Gasteiger partial charge on any atom is -0.691 e. The normalized spacial score (nSPS) is 26.4. The number of aliphatic hydroxyl groups excluding tert-OH is 6. The first kappa shape index (κ1) is 69.4. The average Bonchev–Trinajstić information content (AvgIpc) is 1.88. The van der Waals surface area contributed by atoms with E-state index in [1.165, 1.54) is 42.0 Å². The third-order valence-corrected chi connectivity index (χ3v) is 16.6. The molecule has 3 saturated heterocycles. The number of benzene rings is 3. The van der Waals surface area contributed by atoms with Gasteiger partial charge in [-0.1, -0.05) is 60.2 Å². The summed E-state index contributed by atoms with van der Waals surface area (Å²) in [6.45, 7) is 2.91. The molecule has 89 heavy (non-hydrogen) atoms. The molecule has 0 spiro atoms. The first-order chi connectivity index (χ1) is 41.9. The number of hydrazone groups is 1. The van der Waals surface area contributed by atoms with Gasteiger partial charge in [0.2, 0.25) is 47.0 Å². The van der Waals surface area contributed by atoms with Crippen LogP contribution in [0.2, 0.25) is 0 Å². The van der Waals surface area contributed by atoms with Gasteiger partial charge in [0.05, 0.1) is 49.3 Å². The first-order valence-corrected chi connectivity index (χ1v) is 29.2. The predicted molar refractivity (Wildman–Crippen MR) is 306 cm³/mol. The van der Waals surface area contributed by atoms with Crippen molar-refractivity contribution in [3.05, 3.63) is 88.4 Å². The van der Waals surface area contributed by atoms with Crippen molar-refractivity contribution in [2.45, 2.75) is 132 Å². The number of aryl methyl sites for hydroxylation is 1. The van der Waals surface area contributed by atoms with Crippen LogP contribution in [-0.2, 0) is 55.8 Å². The van der Waals surface area contributed by atoms with Crippen LogP contribution in [0.3, 0.4) is 0 Å². The number of amides is 8. The molecule has 14 atom stereocenters. The summed E-state index contributed by atoms with van der Waals surface area (Å²) in [6, 6.07) is 5.76. The Morgan fingerprint density at radius 1 is 0.843 bits per heavy atom. The molecule has 4 aliphatic heterocycles. The predicted octanol–water partition coefficient (Wildman–Crippen LogP) is -7.04. The molecule has 1 aromatic heterocycles. The third kappa shape index (κ3) is 17.0. The Bertz CT molecular complexity index is 3290. The van der Waals surface area contributed by atoms with Gasteiger partial charge < -0.3 is 87.3 Å². The summed E-state index contributed by atoms with van der Waals surface area (Å²) in [5, 5.41) is 118. The second kappa shape index (κ2) is 31.1. The minimum absolute atomic E-state index is 0. The Morgan fingerprint density at radius 2 is 1.52 bits per heavy atom. The molecule has 4 aromatic rings. The zero-order valence-electron chi connectivity index (χ0n) is 48.4. The van der Waals surface area contributed by atoms with Crippen molar-refractivity contribution >= 4 is 89.0 Å². The van der Waals surface area contributed by atoms with Gasteiger partial charge in [-0.3, -0.25) is 43.4 Å². The van der Waals surface area contributed by atoms with Crippen molar-refractivity contribution < 1.29 is 127 Å². The topological polar surface area (TPSA) is 463 Å². The summed E-state index contributed by atoms with van der Waals surface area (Å²) in [4.78, 5) is 115. The number of phenols is 1. The second-order valence-corrected chi connectivity index (χ2v) is 23.0. The fourth-order valence-corrected chi connectivity index (χ4v) is 11.6. The molecule has 31 nitrogen and oxygen atoms in total. The molecule has 3 aromatic carbocycles. The van der Waals surface area contributed by atoms with Crippen molar-refractivity contribution in [1.82, 2.24) is 46.6 Å². The monoisotopic (exact) mass is 1290 g/mol. The van der Waals surface area contributed by atoms with Crippen LogP contribution >= 0.6 is 23.7 Å². The van der Waals surface area contributed by atoms with Gasteiger partial charge in [-0.05, 0) is 53.8 Å². The SMILES string of the molecule is CCc1ccc([N+]2=CC(c3nnc(-c4ccc(C(=O)NC5CC(O)CNC(=O)C6C(O)C(C)CN6C(=O)C(C(O)CC(N)=O)NC(=O)C(C(O)Cc6ccc(O)c(OSOO[O-])c6)NC(=O)C6CC(O)CN6C(=O)C(C(C)O)NC5=O)cc4)s3)C=N2)cc1.[Na+]. The van der Waals surface area contributed by atoms with Gasteiger partial charge in [0.1, 0.15) is 52.2 Å². The van der Waals surface area contributed by atoms with E-state index in [1.54, 1.807) is 23.0 Å². The molecule has 5 heterocycles. The van der Waals surface area contributed by atoms with E-state index in [1.807, 2.05) is 30.5 Å². The minimum atomic E-state index is -2.22. The van der Waals surface area contributed by atoms with Gasteiger partial charge in [-0.25, -0.2) is 0 Å². The zero-order valence-corrected chi connectivity index (χ0v) is 52.0. The summed E-state index contributed by atoms with van der Waals surface area (Å²) in [7, 11) is 0. The van der Waals surface area contributed by atoms with Crippen molar-refractivity contribution in [3.8, 4) is 22.1 Å². The Hall–Kier alpha value is -7.09. The molecular formula is C55H66N12NaO19S2+. The van der Waals surface area contributed by atoms with E-state index in [9.17, 15) is 79.4 Å². The van der Waals surface area contributed by atoms with Crippen LogP contribution in [0.25, 0.3) is 10.6 Å². The van der Waals surface area contributed by atoms with Gasteiger partial charge >= 0.3 is 29.6 Å². The molecule has 8 rings (SSSR count). The number of nitrogens with two attached hydrogens (primary N) is 1. The van der Waals surface area contributed by atoms with E-state index >= 15 is 0 Å². The van der Waals surface area contributed by atoms with E-state index in [0.717, 1.165) is 41.0 Å². The number of aromatic nitrogens is 2. The maximum atomic E-state index is 14.7. The summed E-state index contributed by atoms with van der Waals surface area (Å²) in [5.74, 6) is -11.5. The maximum Gasteiger partial charge on any atom is 1.00 e. The molecular weight excluding hydrogens is 1220 g/mol. The number of primary amides is 1. The number of hydrogen-bond donors (Lipinski definition) is 13. The molecule has 0 bridgehead atoms. The van der Waals surface area contributed by atoms with Crippen LogP contribution in [0.5, 0.6) is 11.5 Å². The van der Waals surface area contributed by atoms with Crippen LogP contribution in [-0.4, -0.2) is 213 Å². The number of carbonyl (C=O) groups is 8. The van der Waals surface area contributed by atoms with E-state index in [4.69, 9.17) is 9.92 Å². The molecule has 4 aliphatic rings. The molecule has 14 N–H and O–H groups in total. The number of nitrogens with zero attached hydrogens (tertiary/aromatic N) is 6. The van der Waals surface area contributed by atoms with Gasteiger partial charge in [0, 0.05) is 68.1 Å². The Morgan fingerprint density at radius 3 is 2.19 bits per heavy atom. The number of aromatic hydroxyl groups is 1. The smallest absolute Gasteiger partial charge is 0.691 e. The van der Waals surface area contributed by atoms with E-state index < -0.39 is 177 Å². The van der Waals surface area contributed by atoms with Crippen LogP contribution in [0.1, 0.15) is 72.4 Å². The van der Waals surface area contributed by atoms with Crippen LogP contribution < -0.4 is 71.3 Å². The number of fused-ring (bicyclic) bond motifs is 2. The summed E-state index contributed by atoms with van der Waals surface area (Å²) >= 11 is 1.29. The Balaban J connectivity index is 0.0000113. The van der Waals surface area contributed by atoms with E-state index in [-0.39, 0.29) is 64.7 Å². The average molecular weight is 1290 g/mol. The number of hydrogen-bond acceptors (Lipinski definition) is 24. The van der Waals surface area contributed by atoms with Crippen molar-refractivity contribution in [2.24, 2.45) is 16.8 Å². The number of rotatable bonds is 17. The number of nitrogens with one attached hydrogen (secondary N) is 5. The molecule has 34 heteroatoms. The fourth-order valence-electron chi connectivity index (χ4n) is 10.4. The van der Waals surface area contributed by atoms with Crippen LogP contribution in [0, 0.1) is 5.92 Å². The fraction of sp³-hybridized carbons (Fsp3) is 0.455. The molecule has 0 radical (unpaired) electrons. The summed E-state index contributed by atoms with van der Waals surface area (Å²) < 4.78 is 10.9. The van der Waals surface area contributed by atoms with Crippen LogP contribution in [0.4, 0.5) is 5.69 Å². The van der Waals surface area contributed by atoms with Gasteiger partial charge in [-0.15, -0.1) is 14.5 Å². The van der Waals surface area contributed by atoms with Crippen LogP contribution in [0.15, 0.2) is 71.8 Å². The third-order valence-electron chi connectivity index (χ3n) is 15.2. The second-order valence-electron chi connectivity index (χ2n) is 21.6. The van der Waals surface area contributed by atoms with Crippen molar-refractivity contribution in [3.63, 3.8) is 0 Å². The molecule has 0 aliphatic carbocycles. The number of aliphatic hydroxyl groups is 6. The molecule has 14 unspecified atom stereocenters. The Kier molecular flexibility index (Phi) is 24.2. The summed E-state index contributed by atoms with van der Waals surface area (Å²) in [5.41, 5.74) is 8.10. The van der Waals surface area contributed by atoms with Gasteiger partial charge in [0.25, 0.3) is 18.2 Å². The first-order valence-electron chi connectivity index (χ1n) is 27.7. The summed E-state index contributed by atoms with van der Waals surface area (Å²) in [6.07, 6.45) is -9.15. The molecule has 8 amide bonds. The molecule has 472 valence electrons. The zero-order chi connectivity index (χ0) is 63.7. The van der Waals surface area contributed by atoms with Gasteiger partial charge in [-0.2, -0.15) is 0 Å². The molecule has 3 fully saturated rings. The number of phenolic OH excluding ortho intramolecular Hbond substituents is 1. The number of β-amino-alcohol motifs (C(OH)–C–C–N with tert-alkyl or cyclic N) is 1. The standard InChI is InChI=1S/C55H66N12O19S2.Na/c1-4-27-5-12-32(13-6-27)67-23-31(20-58-67)53-64-63-52(87-53)30-10-8-29(9-11-30)47(76)59-35-17-33(69)21-57-51(80)45-46(75)25(2)22-66(45)55(82)44(39(73)19-41(56)74)62-50(79)43(38(72)15-28-7-14-37(71)40(16-28)84-88-86-85-83)61-49(78)36-18-34(70)24-65(36)54(81)42(26(3)68)60-48(35)77;/h5-14,16,20,23,25-26,31,33-36,38-39,42-46,68-70,72-73,75H,4,15,17-19,21-22,24H2,1-3H3,(H8-,56,57,59,60,61,62,71,74,76,77,78,79,80,83);/q;+1. The van der Waals surface area contributed by atoms with Crippen molar-refractivity contribution in [1.29, 1.82) is 0 Å². The van der Waals surface area contributed by atoms with Crippen molar-refractivity contribution in [2.75, 3.05) is 19.6 Å². The van der Waals surface area contributed by atoms with E-state index in [2.05, 4.69) is 58.2 Å².